The normalized spacial score (nSPS) is 27.4. The molecule has 1 saturated carbocycles. The molecule has 1 spiro atoms. The number of fused-ring (bicyclic) bond motifs is 2. The van der Waals surface area contributed by atoms with E-state index in [1.807, 2.05) is 0 Å². The smallest absolute Gasteiger partial charge is 0.238 e. The molecule has 32 heavy (non-hydrogen) atoms. The van der Waals surface area contributed by atoms with E-state index in [9.17, 15) is 14.0 Å². The maximum atomic E-state index is 15.3. The molecule has 2 heterocycles. The molecular weight excluding hydrogens is 436 g/mol. The third-order valence-electron chi connectivity index (χ3n) is 7.13. The molecular formula is C24H24ClF2N3O2. The van der Waals surface area contributed by atoms with Crippen molar-refractivity contribution >= 4 is 29.1 Å². The Hall–Kier alpha value is -2.51. The van der Waals surface area contributed by atoms with Gasteiger partial charge in [-0.2, -0.15) is 0 Å². The second kappa shape index (κ2) is 8.12. The summed E-state index contributed by atoms with van der Waals surface area (Å²) in [6.45, 7) is 0.122. The van der Waals surface area contributed by atoms with Gasteiger partial charge in [0.25, 0.3) is 0 Å². The van der Waals surface area contributed by atoms with Crippen molar-refractivity contribution in [3.63, 3.8) is 0 Å². The lowest BCUT2D eigenvalue weighted by molar-refractivity contribution is -0.124. The van der Waals surface area contributed by atoms with Crippen LogP contribution in [0.25, 0.3) is 0 Å². The average molecular weight is 460 g/mol. The Labute approximate surface area is 189 Å². The number of carbonyl (C=O) groups is 2. The third-order valence-corrected chi connectivity index (χ3v) is 7.42. The lowest BCUT2D eigenvalue weighted by Crippen LogP contribution is -2.49. The lowest BCUT2D eigenvalue weighted by Gasteiger charge is -2.32. The van der Waals surface area contributed by atoms with Gasteiger partial charge in [-0.05, 0) is 42.2 Å². The van der Waals surface area contributed by atoms with Crippen molar-refractivity contribution in [3.05, 3.63) is 64.2 Å². The quantitative estimate of drug-likeness (QED) is 0.649. The van der Waals surface area contributed by atoms with E-state index in [2.05, 4.69) is 16.0 Å². The van der Waals surface area contributed by atoms with Crippen LogP contribution < -0.4 is 16.0 Å². The first-order valence-electron chi connectivity index (χ1n) is 11.0. The van der Waals surface area contributed by atoms with Crippen LogP contribution in [0.4, 0.5) is 14.5 Å². The average Bonchev–Trinajstić information content (AvgIpc) is 3.29. The van der Waals surface area contributed by atoms with Crippen LogP contribution in [0, 0.1) is 11.6 Å². The number of carbonyl (C=O) groups excluding carboxylic acids is 2. The Bertz CT molecular complexity index is 1090. The van der Waals surface area contributed by atoms with Crippen molar-refractivity contribution in [2.75, 3.05) is 11.9 Å². The minimum absolute atomic E-state index is 0.0678. The first-order valence-corrected chi connectivity index (χ1v) is 11.4. The number of anilines is 1. The van der Waals surface area contributed by atoms with E-state index >= 15 is 4.39 Å². The van der Waals surface area contributed by atoms with E-state index in [-0.39, 0.29) is 35.0 Å². The van der Waals surface area contributed by atoms with Crippen LogP contribution >= 0.6 is 11.6 Å². The molecule has 3 aliphatic rings. The number of hydrogen-bond acceptors (Lipinski definition) is 3. The fourth-order valence-electron chi connectivity index (χ4n) is 5.62. The van der Waals surface area contributed by atoms with Gasteiger partial charge < -0.3 is 16.0 Å². The highest BCUT2D eigenvalue weighted by Gasteiger charge is 2.61. The summed E-state index contributed by atoms with van der Waals surface area (Å²) in [5, 5.41) is 8.95. The highest BCUT2D eigenvalue weighted by Crippen LogP contribution is 2.52. The van der Waals surface area contributed by atoms with Crippen LogP contribution in [0.1, 0.15) is 49.1 Å². The number of nitrogens with one attached hydrogen (secondary N) is 3. The maximum Gasteiger partial charge on any atom is 0.238 e. The predicted octanol–water partition coefficient (Wildman–Crippen LogP) is 4.01. The minimum Gasteiger partial charge on any atom is -0.352 e. The zero-order chi connectivity index (χ0) is 22.5. The summed E-state index contributed by atoms with van der Waals surface area (Å²) >= 11 is 6.08. The van der Waals surface area contributed by atoms with E-state index in [1.165, 1.54) is 18.2 Å². The van der Waals surface area contributed by atoms with Crippen molar-refractivity contribution in [2.24, 2.45) is 0 Å². The molecule has 8 heteroatoms. The highest BCUT2D eigenvalue weighted by molar-refractivity contribution is 6.30. The second-order valence-electron chi connectivity index (χ2n) is 8.94. The molecule has 0 aromatic heterocycles. The van der Waals surface area contributed by atoms with E-state index in [1.54, 1.807) is 18.2 Å². The van der Waals surface area contributed by atoms with Crippen LogP contribution in [0.5, 0.6) is 0 Å². The monoisotopic (exact) mass is 459 g/mol. The van der Waals surface area contributed by atoms with Crippen LogP contribution in [-0.2, 0) is 15.0 Å². The van der Waals surface area contributed by atoms with E-state index in [0.29, 0.717) is 11.3 Å². The molecule has 1 aliphatic carbocycles. The van der Waals surface area contributed by atoms with E-state index in [0.717, 1.165) is 32.1 Å². The Kier molecular flexibility index (Phi) is 5.42. The summed E-state index contributed by atoms with van der Waals surface area (Å²) in [4.78, 5) is 26.7. The molecule has 2 aromatic rings. The molecule has 0 unspecified atom stereocenters. The zero-order valence-electron chi connectivity index (χ0n) is 17.4. The second-order valence-corrected chi connectivity index (χ2v) is 9.35. The lowest BCUT2D eigenvalue weighted by atomic mass is 9.68. The summed E-state index contributed by atoms with van der Waals surface area (Å²) in [6, 6.07) is 7.92. The Balaban J connectivity index is 1.60. The summed E-state index contributed by atoms with van der Waals surface area (Å²) in [7, 11) is 0. The van der Waals surface area contributed by atoms with Gasteiger partial charge in [0, 0.05) is 24.2 Å². The van der Waals surface area contributed by atoms with Gasteiger partial charge in [0.15, 0.2) is 0 Å². The highest BCUT2D eigenvalue weighted by atomic mass is 35.5. The molecule has 0 radical (unpaired) electrons. The SMILES string of the molecule is O=C(NC1CCCCC1)[C@@H]1NC[C@]2(C(=O)Nc3cc(F)ccc32)[C@H]1c1cccc(Cl)c1F. The Morgan fingerprint density at radius 3 is 2.69 bits per heavy atom. The van der Waals surface area contributed by atoms with Crippen LogP contribution in [-0.4, -0.2) is 30.4 Å². The Morgan fingerprint density at radius 2 is 1.91 bits per heavy atom. The Morgan fingerprint density at radius 1 is 1.12 bits per heavy atom. The first-order chi connectivity index (χ1) is 15.4. The van der Waals surface area contributed by atoms with Gasteiger partial charge in [0.1, 0.15) is 11.6 Å². The van der Waals surface area contributed by atoms with Crippen molar-refractivity contribution in [2.45, 2.75) is 55.5 Å². The molecule has 168 valence electrons. The van der Waals surface area contributed by atoms with Crippen molar-refractivity contribution in [1.82, 2.24) is 10.6 Å². The molecule has 3 N–H and O–H groups in total. The number of amides is 2. The third kappa shape index (κ3) is 3.30. The number of benzene rings is 2. The van der Waals surface area contributed by atoms with Gasteiger partial charge in [-0.25, -0.2) is 8.78 Å². The largest absolute Gasteiger partial charge is 0.352 e. The van der Waals surface area contributed by atoms with E-state index < -0.39 is 29.0 Å². The van der Waals surface area contributed by atoms with Gasteiger partial charge in [-0.1, -0.05) is 49.1 Å². The molecule has 2 aliphatic heterocycles. The number of rotatable bonds is 3. The molecule has 0 bridgehead atoms. The van der Waals surface area contributed by atoms with Gasteiger partial charge in [0.2, 0.25) is 11.8 Å². The fourth-order valence-corrected chi connectivity index (χ4v) is 5.80. The first kappa shape index (κ1) is 21.3. The molecule has 3 atom stereocenters. The molecule has 2 amide bonds. The standard InChI is InChI=1S/C24H24ClF2N3O2/c25-17-8-4-7-15(20(17)27)19-21(22(31)29-14-5-2-1-3-6-14)28-12-24(19)16-10-9-13(26)11-18(16)30-23(24)32/h4,7-11,14,19,21,28H,1-3,5-6,12H2,(H,29,31)(H,30,32)/t19-,21+,24+/m0/s1. The van der Waals surface area contributed by atoms with Gasteiger partial charge >= 0.3 is 0 Å². The molecule has 2 aromatic carbocycles. The predicted molar refractivity (Wildman–Crippen MR) is 118 cm³/mol. The maximum absolute atomic E-state index is 15.3. The molecule has 2 fully saturated rings. The number of halogens is 3. The van der Waals surface area contributed by atoms with Crippen molar-refractivity contribution < 1.29 is 18.4 Å². The minimum atomic E-state index is -1.26. The summed E-state index contributed by atoms with van der Waals surface area (Å²) in [6.07, 6.45) is 5.08. The van der Waals surface area contributed by atoms with Gasteiger partial charge in [0.05, 0.1) is 16.5 Å². The van der Waals surface area contributed by atoms with Crippen molar-refractivity contribution in [3.8, 4) is 0 Å². The molecule has 1 saturated heterocycles. The summed E-state index contributed by atoms with van der Waals surface area (Å²) in [5.41, 5.74) is -0.173. The summed E-state index contributed by atoms with van der Waals surface area (Å²) in [5.74, 6) is -2.63. The molecule has 5 rings (SSSR count). The fraction of sp³-hybridized carbons (Fsp3) is 0.417. The van der Waals surface area contributed by atoms with Crippen molar-refractivity contribution in [1.29, 1.82) is 0 Å². The van der Waals surface area contributed by atoms with Crippen LogP contribution in [0.3, 0.4) is 0 Å². The van der Waals surface area contributed by atoms with Gasteiger partial charge in [-0.15, -0.1) is 0 Å². The van der Waals surface area contributed by atoms with Gasteiger partial charge in [-0.3, -0.25) is 9.59 Å². The topological polar surface area (TPSA) is 70.2 Å². The zero-order valence-corrected chi connectivity index (χ0v) is 18.1. The van der Waals surface area contributed by atoms with E-state index in [4.69, 9.17) is 11.6 Å². The molecule has 5 nitrogen and oxygen atoms in total. The van der Waals surface area contributed by atoms with Crippen LogP contribution in [0.15, 0.2) is 36.4 Å². The summed E-state index contributed by atoms with van der Waals surface area (Å²) < 4.78 is 29.1. The van der Waals surface area contributed by atoms with Crippen LogP contribution in [0.2, 0.25) is 5.02 Å². The number of hydrogen-bond donors (Lipinski definition) is 3.